The molecule has 0 aliphatic carbocycles. The van der Waals surface area contributed by atoms with E-state index < -0.39 is 6.04 Å². The molecule has 1 unspecified atom stereocenters. The van der Waals surface area contributed by atoms with E-state index in [1.807, 2.05) is 48.5 Å². The third-order valence-corrected chi connectivity index (χ3v) is 5.31. The zero-order valence-corrected chi connectivity index (χ0v) is 19.7. The number of hydrogen-bond donors (Lipinski definition) is 2. The van der Waals surface area contributed by atoms with Gasteiger partial charge < -0.3 is 19.8 Å². The summed E-state index contributed by atoms with van der Waals surface area (Å²) >= 11 is 0. The van der Waals surface area contributed by atoms with Crippen LogP contribution in [-0.4, -0.2) is 17.9 Å². The largest absolute Gasteiger partial charge is 0.467 e. The molecule has 0 saturated heterocycles. The predicted octanol–water partition coefficient (Wildman–Crippen LogP) is 4.73. The molecule has 2 amide bonds. The number of ether oxygens (including phenoxy) is 1. The van der Waals surface area contributed by atoms with Gasteiger partial charge in [-0.1, -0.05) is 57.2 Å². The van der Waals surface area contributed by atoms with Crippen molar-refractivity contribution < 1.29 is 18.7 Å². The van der Waals surface area contributed by atoms with Crippen LogP contribution in [0.15, 0.2) is 71.3 Å². The van der Waals surface area contributed by atoms with Crippen LogP contribution in [0.25, 0.3) is 0 Å². The highest BCUT2D eigenvalue weighted by Crippen LogP contribution is 2.22. The maximum atomic E-state index is 12.5. The van der Waals surface area contributed by atoms with Gasteiger partial charge in [-0.05, 0) is 53.3 Å². The molecule has 6 nitrogen and oxygen atoms in total. The van der Waals surface area contributed by atoms with E-state index in [1.54, 1.807) is 25.3 Å². The molecule has 33 heavy (non-hydrogen) atoms. The van der Waals surface area contributed by atoms with E-state index in [9.17, 15) is 9.59 Å². The highest BCUT2D eigenvalue weighted by molar-refractivity contribution is 5.97. The third-order valence-electron chi connectivity index (χ3n) is 5.31. The minimum atomic E-state index is -0.653. The van der Waals surface area contributed by atoms with Crippen molar-refractivity contribution in [1.82, 2.24) is 10.6 Å². The van der Waals surface area contributed by atoms with Gasteiger partial charge in [0, 0.05) is 12.1 Å². The van der Waals surface area contributed by atoms with Crippen LogP contribution in [0.4, 0.5) is 0 Å². The average molecular weight is 449 g/mol. The fourth-order valence-corrected chi connectivity index (χ4v) is 3.30. The van der Waals surface area contributed by atoms with Gasteiger partial charge in [0.1, 0.15) is 18.4 Å². The normalized spacial score (nSPS) is 12.2. The van der Waals surface area contributed by atoms with Crippen molar-refractivity contribution in [2.24, 2.45) is 0 Å². The van der Waals surface area contributed by atoms with Crippen LogP contribution < -0.4 is 10.6 Å². The molecule has 0 bridgehead atoms. The molecule has 0 saturated carbocycles. The molecule has 1 heterocycles. The summed E-state index contributed by atoms with van der Waals surface area (Å²) < 4.78 is 10.9. The Balaban J connectivity index is 1.46. The number of furan rings is 1. The van der Waals surface area contributed by atoms with Gasteiger partial charge in [0.2, 0.25) is 5.91 Å². The maximum absolute atomic E-state index is 12.5. The SMILES string of the molecule is CC(NC(=O)c1ccc(C(C)(C)C)cc1)C(=O)NCc1cccc(COCc2ccco2)c1. The molecule has 0 radical (unpaired) electrons. The lowest BCUT2D eigenvalue weighted by Gasteiger charge is -2.19. The monoisotopic (exact) mass is 448 g/mol. The van der Waals surface area contributed by atoms with Gasteiger partial charge in [-0.2, -0.15) is 0 Å². The first kappa shape index (κ1) is 24.3. The Labute approximate surface area is 195 Å². The number of nitrogens with one attached hydrogen (secondary N) is 2. The molecule has 0 aliphatic heterocycles. The van der Waals surface area contributed by atoms with Gasteiger partial charge in [-0.3, -0.25) is 9.59 Å². The molecule has 2 aromatic carbocycles. The molecule has 1 atom stereocenters. The lowest BCUT2D eigenvalue weighted by atomic mass is 9.86. The van der Waals surface area contributed by atoms with Gasteiger partial charge in [0.25, 0.3) is 5.91 Å². The van der Waals surface area contributed by atoms with Gasteiger partial charge in [0.05, 0.1) is 12.9 Å². The van der Waals surface area contributed by atoms with E-state index in [1.165, 1.54) is 0 Å². The van der Waals surface area contributed by atoms with Crippen molar-refractivity contribution in [3.63, 3.8) is 0 Å². The Morgan fingerprint density at radius 2 is 1.70 bits per heavy atom. The van der Waals surface area contributed by atoms with Crippen molar-refractivity contribution in [3.05, 3.63) is 94.9 Å². The standard InChI is InChI=1S/C27H32N2O4/c1-19(29-26(31)22-10-12-23(13-11-22)27(2,3)4)25(30)28-16-20-7-5-8-21(15-20)17-32-18-24-9-6-14-33-24/h5-15,19H,16-18H2,1-4H3,(H,28,30)(H,29,31). The zero-order chi connectivity index (χ0) is 23.8. The summed E-state index contributed by atoms with van der Waals surface area (Å²) in [6, 6.07) is 18.4. The molecule has 2 N–H and O–H groups in total. The Hall–Kier alpha value is -3.38. The number of carbonyl (C=O) groups is 2. The van der Waals surface area contributed by atoms with Crippen LogP contribution in [0.2, 0.25) is 0 Å². The second kappa shape index (κ2) is 11.0. The molecule has 0 aliphatic rings. The molecule has 3 aromatic rings. The van der Waals surface area contributed by atoms with Crippen LogP contribution in [-0.2, 0) is 34.7 Å². The van der Waals surface area contributed by atoms with Crippen LogP contribution >= 0.6 is 0 Å². The van der Waals surface area contributed by atoms with Crippen molar-refractivity contribution in [3.8, 4) is 0 Å². The minimum absolute atomic E-state index is 0.0189. The number of benzene rings is 2. The number of rotatable bonds is 9. The second-order valence-corrected chi connectivity index (χ2v) is 9.13. The van der Waals surface area contributed by atoms with E-state index in [0.717, 1.165) is 22.5 Å². The van der Waals surface area contributed by atoms with Crippen LogP contribution in [0.5, 0.6) is 0 Å². The Morgan fingerprint density at radius 3 is 2.36 bits per heavy atom. The molecule has 174 valence electrons. The second-order valence-electron chi connectivity index (χ2n) is 9.13. The molecule has 3 rings (SSSR count). The Morgan fingerprint density at radius 1 is 0.970 bits per heavy atom. The van der Waals surface area contributed by atoms with Crippen molar-refractivity contribution in [1.29, 1.82) is 0 Å². The third kappa shape index (κ3) is 7.32. The fraction of sp³-hybridized carbons (Fsp3) is 0.333. The Bertz CT molecular complexity index is 1050. The van der Waals surface area contributed by atoms with E-state index in [-0.39, 0.29) is 17.2 Å². The molecule has 0 fully saturated rings. The smallest absolute Gasteiger partial charge is 0.251 e. The molecule has 6 heteroatoms. The van der Waals surface area contributed by atoms with Gasteiger partial charge in [-0.25, -0.2) is 0 Å². The van der Waals surface area contributed by atoms with Crippen molar-refractivity contribution in [2.45, 2.75) is 58.9 Å². The van der Waals surface area contributed by atoms with E-state index in [4.69, 9.17) is 9.15 Å². The van der Waals surface area contributed by atoms with Crippen LogP contribution in [0.3, 0.4) is 0 Å². The number of amides is 2. The molecular formula is C27H32N2O4. The molecular weight excluding hydrogens is 416 g/mol. The topological polar surface area (TPSA) is 80.6 Å². The van der Waals surface area contributed by atoms with Gasteiger partial charge in [-0.15, -0.1) is 0 Å². The highest BCUT2D eigenvalue weighted by atomic mass is 16.5. The summed E-state index contributed by atoms with van der Waals surface area (Å²) in [5, 5.41) is 5.64. The first-order valence-electron chi connectivity index (χ1n) is 11.1. The first-order valence-corrected chi connectivity index (χ1v) is 11.1. The van der Waals surface area contributed by atoms with E-state index in [0.29, 0.717) is 25.3 Å². The van der Waals surface area contributed by atoms with Crippen LogP contribution in [0, 0.1) is 0 Å². The summed E-state index contributed by atoms with van der Waals surface area (Å²) in [5.74, 6) is 0.266. The number of carbonyl (C=O) groups excluding carboxylic acids is 2. The van der Waals surface area contributed by atoms with E-state index in [2.05, 4.69) is 31.4 Å². The average Bonchev–Trinajstić information content (AvgIpc) is 3.31. The van der Waals surface area contributed by atoms with Gasteiger partial charge in [0.15, 0.2) is 0 Å². The molecule has 0 spiro atoms. The predicted molar refractivity (Wildman–Crippen MR) is 128 cm³/mol. The Kier molecular flexibility index (Phi) is 8.06. The summed E-state index contributed by atoms with van der Waals surface area (Å²) in [6.07, 6.45) is 1.62. The highest BCUT2D eigenvalue weighted by Gasteiger charge is 2.18. The summed E-state index contributed by atoms with van der Waals surface area (Å²) in [6.45, 7) is 9.27. The van der Waals surface area contributed by atoms with E-state index >= 15 is 0 Å². The maximum Gasteiger partial charge on any atom is 0.251 e. The minimum Gasteiger partial charge on any atom is -0.467 e. The fourth-order valence-electron chi connectivity index (χ4n) is 3.30. The molecule has 1 aromatic heterocycles. The zero-order valence-electron chi connectivity index (χ0n) is 19.7. The van der Waals surface area contributed by atoms with Gasteiger partial charge >= 0.3 is 0 Å². The summed E-state index contributed by atoms with van der Waals surface area (Å²) in [4.78, 5) is 25.0. The quantitative estimate of drug-likeness (QED) is 0.496. The lowest BCUT2D eigenvalue weighted by molar-refractivity contribution is -0.122. The van der Waals surface area contributed by atoms with Crippen molar-refractivity contribution >= 4 is 11.8 Å². The number of hydrogen-bond acceptors (Lipinski definition) is 4. The first-order chi connectivity index (χ1) is 15.7. The summed E-state index contributed by atoms with van der Waals surface area (Å²) in [5.41, 5.74) is 3.67. The van der Waals surface area contributed by atoms with Crippen LogP contribution in [0.1, 0.15) is 60.5 Å². The lowest BCUT2D eigenvalue weighted by Crippen LogP contribution is -2.44. The summed E-state index contributed by atoms with van der Waals surface area (Å²) in [7, 11) is 0. The van der Waals surface area contributed by atoms with Crippen molar-refractivity contribution in [2.75, 3.05) is 0 Å².